The third kappa shape index (κ3) is 4.36. The second-order valence-corrected chi connectivity index (χ2v) is 9.93. The number of piperazine rings is 1. The molecular weight excluding hydrogens is 372 g/mol. The minimum Gasteiger partial charge on any atom is -0.354 e. The largest absolute Gasteiger partial charge is 0.354 e. The molecule has 0 spiro atoms. The van der Waals surface area contributed by atoms with Crippen LogP contribution in [0.5, 0.6) is 0 Å². The summed E-state index contributed by atoms with van der Waals surface area (Å²) in [5.41, 5.74) is 2.08. The summed E-state index contributed by atoms with van der Waals surface area (Å²) in [7, 11) is -3.47. The fourth-order valence-electron chi connectivity index (χ4n) is 3.33. The first-order valence-electron chi connectivity index (χ1n) is 9.89. The predicted molar refractivity (Wildman–Crippen MR) is 112 cm³/mol. The van der Waals surface area contributed by atoms with Gasteiger partial charge in [0.15, 0.2) is 0 Å². The smallest absolute Gasteiger partial charge is 0.243 e. The summed E-state index contributed by atoms with van der Waals surface area (Å²) >= 11 is 0. The van der Waals surface area contributed by atoms with E-state index in [2.05, 4.69) is 42.6 Å². The molecule has 7 heteroatoms. The van der Waals surface area contributed by atoms with Crippen molar-refractivity contribution in [3.05, 3.63) is 47.4 Å². The molecule has 1 aromatic carbocycles. The first-order chi connectivity index (χ1) is 13.2. The van der Waals surface area contributed by atoms with E-state index < -0.39 is 10.0 Å². The number of aromatic nitrogens is 2. The van der Waals surface area contributed by atoms with Crippen LogP contribution >= 0.6 is 0 Å². The van der Waals surface area contributed by atoms with Gasteiger partial charge >= 0.3 is 0 Å². The molecule has 0 radical (unpaired) electrons. The van der Waals surface area contributed by atoms with Gasteiger partial charge in [0, 0.05) is 43.9 Å². The van der Waals surface area contributed by atoms with Crippen LogP contribution in [0.4, 0.5) is 5.82 Å². The summed E-state index contributed by atoms with van der Waals surface area (Å²) in [6.45, 7) is 12.5. The van der Waals surface area contributed by atoms with E-state index in [1.165, 1.54) is 0 Å². The lowest BCUT2D eigenvalue weighted by Crippen LogP contribution is -2.49. The molecule has 0 amide bonds. The highest BCUT2D eigenvalue weighted by Gasteiger charge is 2.29. The maximum atomic E-state index is 13.0. The number of hydrogen-bond donors (Lipinski definition) is 0. The number of sulfonamides is 1. The fraction of sp³-hybridized carbons (Fsp3) is 0.524. The Morgan fingerprint density at radius 1 is 0.893 bits per heavy atom. The van der Waals surface area contributed by atoms with Gasteiger partial charge < -0.3 is 4.90 Å². The minimum atomic E-state index is -3.47. The van der Waals surface area contributed by atoms with Crippen LogP contribution in [0.1, 0.15) is 56.6 Å². The summed E-state index contributed by atoms with van der Waals surface area (Å²) < 4.78 is 27.6. The molecule has 6 nitrogen and oxygen atoms in total. The topological polar surface area (TPSA) is 66.4 Å². The van der Waals surface area contributed by atoms with Crippen LogP contribution in [-0.4, -0.2) is 48.9 Å². The molecule has 1 aliphatic rings. The van der Waals surface area contributed by atoms with Crippen LogP contribution in [0.3, 0.4) is 0 Å². The SMILES string of the molecule is Cc1cc(N2CCN(S(=O)(=O)c3ccc(C(C)C)cc3)CC2)nc(C(C)C)n1. The van der Waals surface area contributed by atoms with Gasteiger partial charge in [-0.2, -0.15) is 4.31 Å². The van der Waals surface area contributed by atoms with E-state index in [4.69, 9.17) is 0 Å². The first-order valence-corrected chi connectivity index (χ1v) is 11.3. The first kappa shape index (κ1) is 20.7. The molecule has 0 atom stereocenters. The van der Waals surface area contributed by atoms with E-state index in [-0.39, 0.29) is 5.92 Å². The van der Waals surface area contributed by atoms with E-state index in [0.717, 1.165) is 22.9 Å². The Hall–Kier alpha value is -1.99. The average molecular weight is 403 g/mol. The zero-order valence-electron chi connectivity index (χ0n) is 17.4. The lowest BCUT2D eigenvalue weighted by atomic mass is 10.0. The summed E-state index contributed by atoms with van der Waals surface area (Å²) in [6, 6.07) is 9.23. The molecule has 0 aliphatic carbocycles. The monoisotopic (exact) mass is 402 g/mol. The number of benzene rings is 1. The second-order valence-electron chi connectivity index (χ2n) is 8.00. The van der Waals surface area contributed by atoms with Crippen LogP contribution in [0, 0.1) is 6.92 Å². The number of anilines is 1. The van der Waals surface area contributed by atoms with E-state index in [1.54, 1.807) is 16.4 Å². The van der Waals surface area contributed by atoms with Crippen molar-refractivity contribution in [2.75, 3.05) is 31.1 Å². The van der Waals surface area contributed by atoms with Gasteiger partial charge in [-0.05, 0) is 30.5 Å². The van der Waals surface area contributed by atoms with E-state index in [0.29, 0.717) is 37.0 Å². The van der Waals surface area contributed by atoms with E-state index in [1.807, 2.05) is 25.1 Å². The molecule has 0 N–H and O–H groups in total. The van der Waals surface area contributed by atoms with Crippen LogP contribution in [0.2, 0.25) is 0 Å². The predicted octanol–water partition coefficient (Wildman–Crippen LogP) is 3.54. The van der Waals surface area contributed by atoms with Crippen LogP contribution in [0.25, 0.3) is 0 Å². The lowest BCUT2D eigenvalue weighted by molar-refractivity contribution is 0.383. The highest BCUT2D eigenvalue weighted by molar-refractivity contribution is 7.89. The van der Waals surface area contributed by atoms with Crippen molar-refractivity contribution in [2.24, 2.45) is 0 Å². The Balaban J connectivity index is 1.72. The maximum absolute atomic E-state index is 13.0. The van der Waals surface area contributed by atoms with Gasteiger partial charge in [0.25, 0.3) is 0 Å². The van der Waals surface area contributed by atoms with Crippen molar-refractivity contribution in [1.82, 2.24) is 14.3 Å². The molecule has 152 valence electrons. The van der Waals surface area contributed by atoms with Crippen molar-refractivity contribution in [2.45, 2.75) is 51.3 Å². The Labute approximate surface area is 168 Å². The summed E-state index contributed by atoms with van der Waals surface area (Å²) in [5, 5.41) is 0. The van der Waals surface area contributed by atoms with Crippen molar-refractivity contribution in [3.63, 3.8) is 0 Å². The fourth-order valence-corrected chi connectivity index (χ4v) is 4.75. The van der Waals surface area contributed by atoms with Gasteiger partial charge in [0.1, 0.15) is 11.6 Å². The zero-order chi connectivity index (χ0) is 20.5. The third-order valence-electron chi connectivity index (χ3n) is 5.12. The number of rotatable bonds is 5. The lowest BCUT2D eigenvalue weighted by Gasteiger charge is -2.35. The highest BCUT2D eigenvalue weighted by atomic mass is 32.2. The van der Waals surface area contributed by atoms with Gasteiger partial charge in [-0.15, -0.1) is 0 Å². The van der Waals surface area contributed by atoms with Crippen LogP contribution in [-0.2, 0) is 10.0 Å². The molecule has 2 heterocycles. The molecule has 1 fully saturated rings. The van der Waals surface area contributed by atoms with Crippen LogP contribution < -0.4 is 4.90 Å². The van der Waals surface area contributed by atoms with Gasteiger partial charge in [-0.3, -0.25) is 0 Å². The standard InChI is InChI=1S/C21H30N4O2S/c1-15(2)18-6-8-19(9-7-18)28(26,27)25-12-10-24(11-13-25)20-14-17(5)22-21(23-20)16(3)4/h6-9,14-16H,10-13H2,1-5H3. The molecule has 2 aromatic rings. The average Bonchev–Trinajstić information content (AvgIpc) is 2.67. The molecule has 28 heavy (non-hydrogen) atoms. The number of aryl methyl sites for hydroxylation is 1. The molecule has 1 saturated heterocycles. The van der Waals surface area contributed by atoms with Crippen molar-refractivity contribution in [1.29, 1.82) is 0 Å². The minimum absolute atomic E-state index is 0.258. The highest BCUT2D eigenvalue weighted by Crippen LogP contribution is 2.23. The van der Waals surface area contributed by atoms with Crippen LogP contribution in [0.15, 0.2) is 35.2 Å². The quantitative estimate of drug-likeness (QED) is 0.765. The normalized spacial score (nSPS) is 16.2. The van der Waals surface area contributed by atoms with Crippen molar-refractivity contribution < 1.29 is 8.42 Å². The Kier molecular flexibility index (Phi) is 6.05. The van der Waals surface area contributed by atoms with Gasteiger partial charge in [-0.25, -0.2) is 18.4 Å². The summed E-state index contributed by atoms with van der Waals surface area (Å²) in [4.78, 5) is 11.7. The molecule has 0 saturated carbocycles. The third-order valence-corrected chi connectivity index (χ3v) is 7.03. The van der Waals surface area contributed by atoms with Crippen molar-refractivity contribution >= 4 is 15.8 Å². The van der Waals surface area contributed by atoms with Gasteiger partial charge in [0.05, 0.1) is 4.90 Å². The Morgan fingerprint density at radius 3 is 2.04 bits per heavy atom. The van der Waals surface area contributed by atoms with Gasteiger partial charge in [0.2, 0.25) is 10.0 Å². The molecular formula is C21H30N4O2S. The molecule has 3 rings (SSSR count). The molecule has 0 bridgehead atoms. The Morgan fingerprint density at radius 2 is 1.50 bits per heavy atom. The van der Waals surface area contributed by atoms with E-state index in [9.17, 15) is 8.42 Å². The zero-order valence-corrected chi connectivity index (χ0v) is 18.2. The molecule has 0 unspecified atom stereocenters. The van der Waals surface area contributed by atoms with E-state index >= 15 is 0 Å². The number of nitrogens with zero attached hydrogens (tertiary/aromatic N) is 4. The summed E-state index contributed by atoms with van der Waals surface area (Å²) in [6.07, 6.45) is 0. The molecule has 1 aromatic heterocycles. The maximum Gasteiger partial charge on any atom is 0.243 e. The summed E-state index contributed by atoms with van der Waals surface area (Å²) in [5.74, 6) is 2.35. The number of hydrogen-bond acceptors (Lipinski definition) is 5. The van der Waals surface area contributed by atoms with Gasteiger partial charge in [-0.1, -0.05) is 39.8 Å². The van der Waals surface area contributed by atoms with Crippen molar-refractivity contribution in [3.8, 4) is 0 Å². The second kappa shape index (κ2) is 8.17. The Bertz CT molecular complexity index is 916. The molecule has 1 aliphatic heterocycles.